The van der Waals surface area contributed by atoms with Crippen LogP contribution < -0.4 is 5.32 Å². The molecule has 1 aromatic heterocycles. The third-order valence-corrected chi connectivity index (χ3v) is 2.32. The van der Waals surface area contributed by atoms with Gasteiger partial charge in [0.15, 0.2) is 0 Å². The molecule has 0 aromatic carbocycles. The second-order valence-corrected chi connectivity index (χ2v) is 4.43. The van der Waals surface area contributed by atoms with Crippen LogP contribution in [0.2, 0.25) is 0 Å². The summed E-state index contributed by atoms with van der Waals surface area (Å²) in [7, 11) is 1.71. The highest BCUT2D eigenvalue weighted by Crippen LogP contribution is 2.06. The number of hydrogen-bond acceptors (Lipinski definition) is 3. The van der Waals surface area contributed by atoms with Crippen LogP contribution in [0.25, 0.3) is 0 Å². The molecule has 0 spiro atoms. The molecule has 3 heteroatoms. The number of nitrogens with zero attached hydrogens (tertiary/aromatic N) is 1. The molecule has 0 fully saturated rings. The maximum absolute atomic E-state index is 4.96. The van der Waals surface area contributed by atoms with Gasteiger partial charge < -0.3 is 10.1 Å². The van der Waals surface area contributed by atoms with Gasteiger partial charge in [-0.3, -0.25) is 4.98 Å². The average molecular weight is 222 g/mol. The Morgan fingerprint density at radius 3 is 2.75 bits per heavy atom. The molecule has 1 N–H and O–H groups in total. The van der Waals surface area contributed by atoms with Gasteiger partial charge in [-0.1, -0.05) is 19.9 Å². The fourth-order valence-electron chi connectivity index (χ4n) is 1.51. The van der Waals surface area contributed by atoms with Crippen LogP contribution in [-0.4, -0.2) is 25.2 Å². The van der Waals surface area contributed by atoms with E-state index in [1.165, 1.54) is 11.3 Å². The van der Waals surface area contributed by atoms with Crippen LogP contribution in [0.5, 0.6) is 0 Å². The molecule has 0 saturated carbocycles. The van der Waals surface area contributed by atoms with Crippen molar-refractivity contribution in [2.75, 3.05) is 20.3 Å². The lowest BCUT2D eigenvalue weighted by atomic mass is 10.1. The zero-order valence-corrected chi connectivity index (χ0v) is 10.5. The van der Waals surface area contributed by atoms with Gasteiger partial charge in [-0.05, 0) is 24.0 Å². The van der Waals surface area contributed by atoms with Crippen molar-refractivity contribution in [3.05, 3.63) is 29.6 Å². The van der Waals surface area contributed by atoms with Gasteiger partial charge in [0.1, 0.15) is 0 Å². The monoisotopic (exact) mass is 222 g/mol. The highest BCUT2D eigenvalue weighted by molar-refractivity contribution is 5.14. The molecule has 90 valence electrons. The maximum Gasteiger partial charge on any atom is 0.0587 e. The topological polar surface area (TPSA) is 34.1 Å². The fraction of sp³-hybridized carbons (Fsp3) is 0.615. The van der Waals surface area contributed by atoms with E-state index in [-0.39, 0.29) is 0 Å². The number of rotatable bonds is 7. The molecule has 0 atom stereocenters. The Balaban J connectivity index is 2.33. The van der Waals surface area contributed by atoms with Crippen molar-refractivity contribution in [1.82, 2.24) is 10.3 Å². The molecular formula is C13H22N2O. The molecule has 0 unspecified atom stereocenters. The first-order valence-corrected chi connectivity index (χ1v) is 5.86. The maximum atomic E-state index is 4.96. The summed E-state index contributed by atoms with van der Waals surface area (Å²) in [6.45, 7) is 6.91. The van der Waals surface area contributed by atoms with Crippen molar-refractivity contribution in [1.29, 1.82) is 0 Å². The molecule has 3 nitrogen and oxygen atoms in total. The molecule has 0 amide bonds. The lowest BCUT2D eigenvalue weighted by Crippen LogP contribution is -2.18. The standard InChI is InChI=1S/C13H22N2O/c1-11(2)8-13-5-4-12(10-15-13)9-14-6-7-16-3/h4-5,10-11,14H,6-9H2,1-3H3. The van der Waals surface area contributed by atoms with E-state index in [9.17, 15) is 0 Å². The minimum Gasteiger partial charge on any atom is -0.383 e. The summed E-state index contributed by atoms with van der Waals surface area (Å²) in [6, 6.07) is 4.26. The molecule has 0 aliphatic carbocycles. The Labute approximate surface area is 98.2 Å². The summed E-state index contributed by atoms with van der Waals surface area (Å²) >= 11 is 0. The highest BCUT2D eigenvalue weighted by Gasteiger charge is 1.99. The summed E-state index contributed by atoms with van der Waals surface area (Å²) in [5, 5.41) is 3.30. The number of aromatic nitrogens is 1. The molecule has 16 heavy (non-hydrogen) atoms. The van der Waals surface area contributed by atoms with Crippen LogP contribution in [-0.2, 0) is 17.7 Å². The SMILES string of the molecule is COCCNCc1ccc(CC(C)C)nc1. The van der Waals surface area contributed by atoms with Crippen molar-refractivity contribution in [3.8, 4) is 0 Å². The van der Waals surface area contributed by atoms with E-state index in [0.717, 1.165) is 26.1 Å². The van der Waals surface area contributed by atoms with Gasteiger partial charge in [-0.2, -0.15) is 0 Å². The molecule has 1 rings (SSSR count). The Kier molecular flexibility index (Phi) is 6.04. The molecule has 1 heterocycles. The minimum atomic E-state index is 0.665. The first-order chi connectivity index (χ1) is 7.72. The van der Waals surface area contributed by atoms with E-state index in [0.29, 0.717) is 5.92 Å². The van der Waals surface area contributed by atoms with Crippen molar-refractivity contribution < 1.29 is 4.74 Å². The summed E-state index contributed by atoms with van der Waals surface area (Å²) in [5.74, 6) is 0.665. The van der Waals surface area contributed by atoms with E-state index in [4.69, 9.17) is 4.74 Å². The fourth-order valence-corrected chi connectivity index (χ4v) is 1.51. The largest absolute Gasteiger partial charge is 0.383 e. The molecular weight excluding hydrogens is 200 g/mol. The molecule has 0 bridgehead atoms. The Morgan fingerprint density at radius 1 is 1.38 bits per heavy atom. The lowest BCUT2D eigenvalue weighted by Gasteiger charge is -2.06. The van der Waals surface area contributed by atoms with E-state index in [1.807, 2.05) is 6.20 Å². The zero-order valence-electron chi connectivity index (χ0n) is 10.5. The molecule has 0 radical (unpaired) electrons. The Bertz CT molecular complexity index is 282. The second-order valence-electron chi connectivity index (χ2n) is 4.43. The highest BCUT2D eigenvalue weighted by atomic mass is 16.5. The Morgan fingerprint density at radius 2 is 2.19 bits per heavy atom. The molecule has 0 saturated heterocycles. The van der Waals surface area contributed by atoms with Crippen molar-refractivity contribution >= 4 is 0 Å². The molecule has 1 aromatic rings. The van der Waals surface area contributed by atoms with Crippen molar-refractivity contribution in [3.63, 3.8) is 0 Å². The summed E-state index contributed by atoms with van der Waals surface area (Å²) in [5.41, 5.74) is 2.40. The zero-order chi connectivity index (χ0) is 11.8. The smallest absolute Gasteiger partial charge is 0.0587 e. The third kappa shape index (κ3) is 5.24. The number of pyridine rings is 1. The minimum absolute atomic E-state index is 0.665. The van der Waals surface area contributed by atoms with Crippen LogP contribution in [0.1, 0.15) is 25.1 Å². The van der Waals surface area contributed by atoms with Crippen LogP contribution in [0.15, 0.2) is 18.3 Å². The summed E-state index contributed by atoms with van der Waals surface area (Å²) < 4.78 is 4.96. The predicted octanol–water partition coefficient (Wildman–Crippen LogP) is 2.02. The van der Waals surface area contributed by atoms with E-state index in [1.54, 1.807) is 7.11 Å². The number of nitrogens with one attached hydrogen (secondary N) is 1. The normalized spacial score (nSPS) is 11.0. The average Bonchev–Trinajstić information content (AvgIpc) is 2.26. The predicted molar refractivity (Wildman–Crippen MR) is 66.4 cm³/mol. The van der Waals surface area contributed by atoms with Gasteiger partial charge >= 0.3 is 0 Å². The van der Waals surface area contributed by atoms with Crippen LogP contribution >= 0.6 is 0 Å². The third-order valence-electron chi connectivity index (χ3n) is 2.32. The van der Waals surface area contributed by atoms with Crippen LogP contribution in [0.4, 0.5) is 0 Å². The van der Waals surface area contributed by atoms with Crippen LogP contribution in [0.3, 0.4) is 0 Å². The van der Waals surface area contributed by atoms with Crippen LogP contribution in [0, 0.1) is 5.92 Å². The first kappa shape index (κ1) is 13.1. The van der Waals surface area contributed by atoms with Gasteiger partial charge in [0, 0.05) is 32.1 Å². The van der Waals surface area contributed by atoms with Gasteiger partial charge in [0.25, 0.3) is 0 Å². The lowest BCUT2D eigenvalue weighted by molar-refractivity contribution is 0.199. The first-order valence-electron chi connectivity index (χ1n) is 5.86. The van der Waals surface area contributed by atoms with E-state index >= 15 is 0 Å². The Hall–Kier alpha value is -0.930. The summed E-state index contributed by atoms with van der Waals surface area (Å²) in [4.78, 5) is 4.45. The number of methoxy groups -OCH3 is 1. The molecule has 0 aliphatic rings. The van der Waals surface area contributed by atoms with Gasteiger partial charge in [0.05, 0.1) is 6.61 Å². The second kappa shape index (κ2) is 7.36. The quantitative estimate of drug-likeness (QED) is 0.717. The van der Waals surface area contributed by atoms with Gasteiger partial charge in [-0.25, -0.2) is 0 Å². The summed E-state index contributed by atoms with van der Waals surface area (Å²) in [6.07, 6.45) is 3.01. The van der Waals surface area contributed by atoms with E-state index < -0.39 is 0 Å². The number of hydrogen-bond donors (Lipinski definition) is 1. The van der Waals surface area contributed by atoms with Crippen molar-refractivity contribution in [2.24, 2.45) is 5.92 Å². The van der Waals surface area contributed by atoms with Crippen molar-refractivity contribution in [2.45, 2.75) is 26.8 Å². The number of ether oxygens (including phenoxy) is 1. The molecule has 0 aliphatic heterocycles. The van der Waals surface area contributed by atoms with E-state index in [2.05, 4.69) is 36.3 Å². The van der Waals surface area contributed by atoms with Gasteiger partial charge in [0.2, 0.25) is 0 Å². The van der Waals surface area contributed by atoms with Gasteiger partial charge in [-0.15, -0.1) is 0 Å².